The van der Waals surface area contributed by atoms with Gasteiger partial charge in [-0.25, -0.2) is 9.37 Å². The van der Waals surface area contributed by atoms with Crippen LogP contribution in [0.1, 0.15) is 56.9 Å². The van der Waals surface area contributed by atoms with E-state index in [1.807, 2.05) is 6.92 Å². The van der Waals surface area contributed by atoms with Crippen molar-refractivity contribution in [1.82, 2.24) is 10.3 Å². The molecule has 2 aromatic rings. The zero-order chi connectivity index (χ0) is 18.5. The smallest absolute Gasteiger partial charge is 0.229 e. The largest absolute Gasteiger partial charge is 0.441 e. The number of hydrogen-bond acceptors (Lipinski definition) is 3. The number of carbonyl (C=O) groups is 1. The molecule has 0 radical (unpaired) electrons. The van der Waals surface area contributed by atoms with Crippen molar-refractivity contribution in [3.63, 3.8) is 0 Å². The van der Waals surface area contributed by atoms with Gasteiger partial charge >= 0.3 is 0 Å². The summed E-state index contributed by atoms with van der Waals surface area (Å²) in [5.74, 6) is 1.53. The molecule has 3 rings (SSSR count). The van der Waals surface area contributed by atoms with Crippen LogP contribution in [0.15, 0.2) is 28.7 Å². The molecule has 0 aliphatic heterocycles. The van der Waals surface area contributed by atoms with E-state index in [1.54, 1.807) is 18.2 Å². The van der Waals surface area contributed by atoms with Crippen LogP contribution in [-0.2, 0) is 11.2 Å². The molecule has 1 fully saturated rings. The number of aromatic nitrogens is 1. The van der Waals surface area contributed by atoms with Gasteiger partial charge < -0.3 is 9.73 Å². The second-order valence-electron chi connectivity index (χ2n) is 7.38. The van der Waals surface area contributed by atoms with Gasteiger partial charge in [0.25, 0.3) is 0 Å². The number of aryl methyl sites for hydroxylation is 2. The SMILES string of the molecule is Cc1oc(-c2ccccc2F)nc1CCCC(=O)NC1CCC(C)CC1. The van der Waals surface area contributed by atoms with Crippen molar-refractivity contribution >= 4 is 5.91 Å². The zero-order valence-corrected chi connectivity index (χ0v) is 15.6. The molecule has 1 amide bonds. The molecule has 5 heteroatoms. The molecular formula is C21H27FN2O2. The van der Waals surface area contributed by atoms with E-state index < -0.39 is 0 Å². The highest BCUT2D eigenvalue weighted by Gasteiger charge is 2.20. The maximum atomic E-state index is 13.9. The Kier molecular flexibility index (Phi) is 6.07. The Morgan fingerprint density at radius 2 is 2.00 bits per heavy atom. The molecule has 26 heavy (non-hydrogen) atoms. The van der Waals surface area contributed by atoms with Crippen molar-refractivity contribution in [1.29, 1.82) is 0 Å². The summed E-state index contributed by atoms with van der Waals surface area (Å²) >= 11 is 0. The summed E-state index contributed by atoms with van der Waals surface area (Å²) in [6.07, 6.45) is 6.40. The topological polar surface area (TPSA) is 55.1 Å². The Morgan fingerprint density at radius 1 is 1.27 bits per heavy atom. The Bertz CT molecular complexity index is 748. The summed E-state index contributed by atoms with van der Waals surface area (Å²) < 4.78 is 19.5. The second kappa shape index (κ2) is 8.47. The minimum Gasteiger partial charge on any atom is -0.441 e. The summed E-state index contributed by atoms with van der Waals surface area (Å²) in [6.45, 7) is 4.10. The van der Waals surface area contributed by atoms with E-state index in [1.165, 1.54) is 18.9 Å². The average molecular weight is 358 g/mol. The third-order valence-electron chi connectivity index (χ3n) is 5.20. The highest BCUT2D eigenvalue weighted by atomic mass is 19.1. The maximum absolute atomic E-state index is 13.9. The van der Waals surface area contributed by atoms with Gasteiger partial charge in [0, 0.05) is 12.5 Å². The predicted octanol–water partition coefficient (Wildman–Crippen LogP) is 4.81. The van der Waals surface area contributed by atoms with Crippen molar-refractivity contribution in [2.24, 2.45) is 5.92 Å². The van der Waals surface area contributed by atoms with Crippen LogP contribution in [0.25, 0.3) is 11.5 Å². The molecular weight excluding hydrogens is 331 g/mol. The van der Waals surface area contributed by atoms with Gasteiger partial charge in [0.15, 0.2) is 0 Å². The minimum absolute atomic E-state index is 0.111. The van der Waals surface area contributed by atoms with Gasteiger partial charge in [-0.1, -0.05) is 19.1 Å². The van der Waals surface area contributed by atoms with Crippen molar-refractivity contribution in [3.05, 3.63) is 41.5 Å². The summed E-state index contributed by atoms with van der Waals surface area (Å²) in [5, 5.41) is 3.15. The van der Waals surface area contributed by atoms with Crippen molar-refractivity contribution in [2.75, 3.05) is 0 Å². The van der Waals surface area contributed by atoms with Gasteiger partial charge in [-0.3, -0.25) is 4.79 Å². The molecule has 0 atom stereocenters. The molecule has 1 aliphatic rings. The summed E-state index contributed by atoms with van der Waals surface area (Å²) in [4.78, 5) is 16.6. The molecule has 0 spiro atoms. The number of rotatable bonds is 6. The number of benzene rings is 1. The highest BCUT2D eigenvalue weighted by Crippen LogP contribution is 2.25. The third-order valence-corrected chi connectivity index (χ3v) is 5.20. The number of oxazole rings is 1. The van der Waals surface area contributed by atoms with Crippen molar-refractivity contribution in [2.45, 2.75) is 64.8 Å². The Morgan fingerprint density at radius 3 is 2.73 bits per heavy atom. The molecule has 1 heterocycles. The van der Waals surface area contributed by atoms with Gasteiger partial charge in [0.05, 0.1) is 11.3 Å². The van der Waals surface area contributed by atoms with Crippen LogP contribution in [-0.4, -0.2) is 16.9 Å². The van der Waals surface area contributed by atoms with Gasteiger partial charge in [-0.05, 0) is 63.5 Å². The van der Waals surface area contributed by atoms with Crippen molar-refractivity contribution in [3.8, 4) is 11.5 Å². The zero-order valence-electron chi connectivity index (χ0n) is 15.6. The van der Waals surface area contributed by atoms with Crippen LogP contribution < -0.4 is 5.32 Å². The van der Waals surface area contributed by atoms with E-state index in [9.17, 15) is 9.18 Å². The van der Waals surface area contributed by atoms with Gasteiger partial charge in [0.1, 0.15) is 11.6 Å². The fraction of sp³-hybridized carbons (Fsp3) is 0.524. The molecule has 1 aliphatic carbocycles. The van der Waals surface area contributed by atoms with Crippen LogP contribution in [0.3, 0.4) is 0 Å². The predicted molar refractivity (Wildman–Crippen MR) is 99.1 cm³/mol. The standard InChI is InChI=1S/C21H27FN2O2/c1-14-10-12-16(13-11-14)23-20(25)9-5-8-19-15(2)26-21(24-19)17-6-3-4-7-18(17)22/h3-4,6-7,14,16H,5,8-13H2,1-2H3,(H,23,25). The van der Waals surface area contributed by atoms with E-state index in [4.69, 9.17) is 4.42 Å². The monoisotopic (exact) mass is 358 g/mol. The van der Waals surface area contributed by atoms with Crippen molar-refractivity contribution < 1.29 is 13.6 Å². The summed E-state index contributed by atoms with van der Waals surface area (Å²) in [5.41, 5.74) is 1.16. The molecule has 0 saturated heterocycles. The van der Waals surface area contributed by atoms with E-state index in [2.05, 4.69) is 17.2 Å². The molecule has 4 nitrogen and oxygen atoms in total. The maximum Gasteiger partial charge on any atom is 0.229 e. The molecule has 1 aromatic carbocycles. The molecule has 140 valence electrons. The molecule has 1 aromatic heterocycles. The Balaban J connectivity index is 1.49. The first-order valence-corrected chi connectivity index (χ1v) is 9.53. The van der Waals surface area contributed by atoms with Crippen LogP contribution in [0, 0.1) is 18.7 Å². The lowest BCUT2D eigenvalue weighted by Gasteiger charge is -2.26. The number of halogens is 1. The van der Waals surface area contributed by atoms with E-state index in [0.717, 1.165) is 24.5 Å². The first-order chi connectivity index (χ1) is 12.5. The summed E-state index contributed by atoms with van der Waals surface area (Å²) in [7, 11) is 0. The number of nitrogens with one attached hydrogen (secondary N) is 1. The third kappa shape index (κ3) is 4.71. The van der Waals surface area contributed by atoms with Crippen LogP contribution in [0.2, 0.25) is 0 Å². The molecule has 1 saturated carbocycles. The van der Waals surface area contributed by atoms with Gasteiger partial charge in [-0.2, -0.15) is 0 Å². The lowest BCUT2D eigenvalue weighted by molar-refractivity contribution is -0.122. The number of hydrogen-bond donors (Lipinski definition) is 1. The minimum atomic E-state index is -0.346. The van der Waals surface area contributed by atoms with E-state index in [0.29, 0.717) is 42.5 Å². The van der Waals surface area contributed by atoms with E-state index >= 15 is 0 Å². The quantitative estimate of drug-likeness (QED) is 0.806. The lowest BCUT2D eigenvalue weighted by Crippen LogP contribution is -2.37. The van der Waals surface area contributed by atoms with E-state index in [-0.39, 0.29) is 11.7 Å². The van der Waals surface area contributed by atoms with Gasteiger partial charge in [-0.15, -0.1) is 0 Å². The first-order valence-electron chi connectivity index (χ1n) is 9.53. The second-order valence-corrected chi connectivity index (χ2v) is 7.38. The number of amides is 1. The average Bonchev–Trinajstić information content (AvgIpc) is 2.98. The van der Waals surface area contributed by atoms with Gasteiger partial charge in [0.2, 0.25) is 11.8 Å². The Hall–Kier alpha value is -2.17. The normalized spacial score (nSPS) is 20.1. The summed E-state index contributed by atoms with van der Waals surface area (Å²) in [6, 6.07) is 6.78. The number of carbonyl (C=O) groups excluding carboxylic acids is 1. The van der Waals surface area contributed by atoms with Crippen LogP contribution in [0.5, 0.6) is 0 Å². The lowest BCUT2D eigenvalue weighted by atomic mass is 9.87. The van der Waals surface area contributed by atoms with Crippen LogP contribution >= 0.6 is 0 Å². The molecule has 0 unspecified atom stereocenters. The fourth-order valence-electron chi connectivity index (χ4n) is 3.53. The highest BCUT2D eigenvalue weighted by molar-refractivity contribution is 5.76. The van der Waals surface area contributed by atoms with Crippen LogP contribution in [0.4, 0.5) is 4.39 Å². The molecule has 0 bridgehead atoms. The fourth-order valence-corrected chi connectivity index (χ4v) is 3.53. The first kappa shape index (κ1) is 18.6. The Labute approximate surface area is 154 Å². The molecule has 1 N–H and O–H groups in total. The number of nitrogens with zero attached hydrogens (tertiary/aromatic N) is 1.